The van der Waals surface area contributed by atoms with Crippen LogP contribution in [0.3, 0.4) is 0 Å². The van der Waals surface area contributed by atoms with E-state index in [9.17, 15) is 25.2 Å². The number of methoxy groups -OCH3 is 1. The molecular formula is C33H33N3O9. The fourth-order valence-corrected chi connectivity index (χ4v) is 8.45. The van der Waals surface area contributed by atoms with E-state index in [2.05, 4.69) is 20.5 Å². The van der Waals surface area contributed by atoms with Crippen molar-refractivity contribution >= 4 is 49.5 Å². The average Bonchev–Trinajstić information content (AvgIpc) is 3.76. The zero-order chi connectivity index (χ0) is 31.0. The number of fused-ring (bicyclic) bond motifs is 13. The van der Waals surface area contributed by atoms with E-state index in [-0.39, 0.29) is 12.5 Å². The summed E-state index contributed by atoms with van der Waals surface area (Å²) in [7, 11) is 1.60. The van der Waals surface area contributed by atoms with Crippen LogP contribution in [0.4, 0.5) is 0 Å². The van der Waals surface area contributed by atoms with Crippen molar-refractivity contribution in [3.63, 3.8) is 0 Å². The van der Waals surface area contributed by atoms with Crippen LogP contribution in [0.5, 0.6) is 0 Å². The average molecular weight is 616 g/mol. The normalized spacial score (nSPS) is 34.0. The zero-order valence-corrected chi connectivity index (χ0v) is 24.6. The lowest BCUT2D eigenvalue weighted by Crippen LogP contribution is -2.61. The first-order chi connectivity index (χ1) is 21.7. The van der Waals surface area contributed by atoms with Crippen molar-refractivity contribution in [3.8, 4) is 0 Å². The van der Waals surface area contributed by atoms with Gasteiger partial charge in [-0.25, -0.2) is 0 Å². The van der Waals surface area contributed by atoms with Crippen LogP contribution in [0.1, 0.15) is 35.5 Å². The van der Waals surface area contributed by atoms with Crippen molar-refractivity contribution in [1.29, 1.82) is 0 Å². The number of nitrogens with zero attached hydrogens (tertiary/aromatic N) is 2. The summed E-state index contributed by atoms with van der Waals surface area (Å²) >= 11 is 0. The van der Waals surface area contributed by atoms with Gasteiger partial charge in [0.25, 0.3) is 5.91 Å². The Labute approximate surface area is 256 Å². The predicted octanol–water partition coefficient (Wildman–Crippen LogP) is 1.95. The Balaban J connectivity index is 1.31. The molecule has 234 valence electrons. The first-order valence-corrected chi connectivity index (χ1v) is 15.2. The van der Waals surface area contributed by atoms with Gasteiger partial charge in [-0.15, -0.1) is 0 Å². The third kappa shape index (κ3) is 3.25. The highest BCUT2D eigenvalue weighted by molar-refractivity contribution is 6.31. The van der Waals surface area contributed by atoms with Crippen molar-refractivity contribution in [2.75, 3.05) is 20.3 Å². The summed E-state index contributed by atoms with van der Waals surface area (Å²) in [6, 6.07) is 16.1. The second-order valence-corrected chi connectivity index (χ2v) is 12.7. The number of carbonyl (C=O) groups excluding carboxylic acids is 1. The molecule has 4 aliphatic rings. The first kappa shape index (κ1) is 27.7. The maximum atomic E-state index is 13.5. The summed E-state index contributed by atoms with van der Waals surface area (Å²) in [4.78, 5) is 13.5. The molecule has 5 aromatic rings. The number of hydrogen-bond donors (Lipinski definition) is 5. The number of aromatic nitrogens is 2. The summed E-state index contributed by atoms with van der Waals surface area (Å²) in [6.45, 7) is 1.70. The molecule has 0 radical (unpaired) electrons. The molecule has 1 amide bonds. The van der Waals surface area contributed by atoms with Crippen molar-refractivity contribution < 1.29 is 44.2 Å². The van der Waals surface area contributed by atoms with Crippen molar-refractivity contribution in [2.24, 2.45) is 0 Å². The van der Waals surface area contributed by atoms with E-state index < -0.39 is 54.9 Å². The van der Waals surface area contributed by atoms with Gasteiger partial charge in [0.2, 0.25) is 0 Å². The fraction of sp³-hybridized carbons (Fsp3) is 0.424. The van der Waals surface area contributed by atoms with Crippen LogP contribution in [0.2, 0.25) is 0 Å². The molecule has 4 aliphatic heterocycles. The Morgan fingerprint density at radius 1 is 0.978 bits per heavy atom. The van der Waals surface area contributed by atoms with E-state index in [1.165, 1.54) is 0 Å². The topological polar surface area (TPSA) is 157 Å². The number of aliphatic hydroxyl groups excluding tert-OH is 4. The van der Waals surface area contributed by atoms with Gasteiger partial charge in [-0.3, -0.25) is 4.79 Å². The van der Waals surface area contributed by atoms with Gasteiger partial charge in [0, 0.05) is 41.6 Å². The number of para-hydroxylation sites is 2. The molecule has 12 heteroatoms. The van der Waals surface area contributed by atoms with E-state index in [0.717, 1.165) is 49.2 Å². The van der Waals surface area contributed by atoms with Gasteiger partial charge in [-0.05, 0) is 24.6 Å². The molecule has 0 saturated carbocycles. The van der Waals surface area contributed by atoms with E-state index in [1.807, 2.05) is 49.4 Å². The molecule has 3 unspecified atom stereocenters. The summed E-state index contributed by atoms with van der Waals surface area (Å²) in [5.41, 5.74) is 3.01. The Bertz CT molecular complexity index is 2070. The number of amides is 1. The largest absolute Gasteiger partial charge is 0.394 e. The lowest BCUT2D eigenvalue weighted by Gasteiger charge is -2.44. The van der Waals surface area contributed by atoms with Crippen molar-refractivity contribution in [1.82, 2.24) is 14.5 Å². The molecule has 9 rings (SSSR count). The van der Waals surface area contributed by atoms with E-state index in [0.29, 0.717) is 18.5 Å². The summed E-state index contributed by atoms with van der Waals surface area (Å²) in [6.07, 6.45) is -7.28. The van der Waals surface area contributed by atoms with E-state index in [4.69, 9.17) is 18.9 Å². The highest BCUT2D eigenvalue weighted by atomic mass is 16.7. The number of benzene rings is 3. The second kappa shape index (κ2) is 9.24. The number of aliphatic hydroxyl groups is 4. The lowest BCUT2D eigenvalue weighted by atomic mass is 9.89. The zero-order valence-electron chi connectivity index (χ0n) is 24.6. The molecule has 2 aromatic heterocycles. The van der Waals surface area contributed by atoms with Crippen LogP contribution in [-0.4, -0.2) is 92.1 Å². The Morgan fingerprint density at radius 2 is 1.69 bits per heavy atom. The van der Waals surface area contributed by atoms with Gasteiger partial charge in [0.05, 0.1) is 40.8 Å². The number of hydrogen-bond acceptors (Lipinski definition) is 9. The lowest BCUT2D eigenvalue weighted by molar-refractivity contribution is -0.316. The molecule has 2 saturated heterocycles. The van der Waals surface area contributed by atoms with Gasteiger partial charge in [-0.1, -0.05) is 36.4 Å². The van der Waals surface area contributed by atoms with E-state index in [1.54, 1.807) is 7.11 Å². The second-order valence-electron chi connectivity index (χ2n) is 12.7. The third-order valence-electron chi connectivity index (χ3n) is 10.7. The number of carbonyl (C=O) groups is 1. The molecular weight excluding hydrogens is 582 g/mol. The third-order valence-corrected chi connectivity index (χ3v) is 10.7. The van der Waals surface area contributed by atoms with Gasteiger partial charge < -0.3 is 53.8 Å². The van der Waals surface area contributed by atoms with Crippen molar-refractivity contribution in [3.05, 3.63) is 59.7 Å². The van der Waals surface area contributed by atoms with Crippen LogP contribution < -0.4 is 5.32 Å². The van der Waals surface area contributed by atoms with Gasteiger partial charge in [-0.2, -0.15) is 0 Å². The monoisotopic (exact) mass is 615 g/mol. The van der Waals surface area contributed by atoms with Crippen molar-refractivity contribution in [2.45, 2.75) is 68.1 Å². The molecule has 2 bridgehead atoms. The fourth-order valence-electron chi connectivity index (χ4n) is 8.45. The highest BCUT2D eigenvalue weighted by Gasteiger charge is 2.63. The first-order valence-electron chi connectivity index (χ1n) is 15.2. The number of ether oxygens (including phenoxy) is 4. The van der Waals surface area contributed by atoms with Crippen LogP contribution >= 0.6 is 0 Å². The SMILES string of the molecule is COC1(CO[C@@H]2O[C@H](CO)[C@H](O)[C@H](O)[C@H]2O)CC2OC1(C)n1c3ccccc3c3c4c(c5c6ccccc6n2c5c31)C(=O)NC4. The minimum absolute atomic E-state index is 0.0904. The van der Waals surface area contributed by atoms with Crippen LogP contribution in [0.25, 0.3) is 43.6 Å². The molecule has 3 aromatic carbocycles. The number of rotatable bonds is 5. The molecule has 45 heavy (non-hydrogen) atoms. The number of nitrogens with one attached hydrogen (secondary N) is 1. The summed E-state index contributed by atoms with van der Waals surface area (Å²) < 4.78 is 29.8. The molecule has 0 spiro atoms. The quantitative estimate of drug-likeness (QED) is 0.199. The van der Waals surface area contributed by atoms with E-state index >= 15 is 0 Å². The summed E-state index contributed by atoms with van der Waals surface area (Å²) in [5, 5.41) is 48.1. The molecule has 12 nitrogen and oxygen atoms in total. The smallest absolute Gasteiger partial charge is 0.252 e. The standard InChI is InChI=1S/C33H33N3O9/c1-32-33(42-2,14-43-31-29(40)28(39)27(38)20(13-37)44-31)11-21(45-32)35-18-9-5-3-7-15(18)23-24-17(12-34-30(24)41)22-16-8-4-6-10-19(16)36(32)26(22)25(23)35/h3-10,20-21,27-29,31,37-40H,11-14H2,1-2H3,(H,34,41)/t20-,21?,27+,28+,29-,31-,32?,33?/m1/s1. The van der Waals surface area contributed by atoms with Gasteiger partial charge in [0.15, 0.2) is 12.0 Å². The van der Waals surface area contributed by atoms with Crippen LogP contribution in [0.15, 0.2) is 48.5 Å². The van der Waals surface area contributed by atoms with Gasteiger partial charge in [0.1, 0.15) is 36.2 Å². The molecule has 6 heterocycles. The van der Waals surface area contributed by atoms with Gasteiger partial charge >= 0.3 is 0 Å². The van der Waals surface area contributed by atoms with Crippen LogP contribution in [-0.2, 0) is 31.2 Å². The highest BCUT2D eigenvalue weighted by Crippen LogP contribution is 2.58. The molecule has 0 aliphatic carbocycles. The predicted molar refractivity (Wildman–Crippen MR) is 161 cm³/mol. The maximum absolute atomic E-state index is 13.5. The van der Waals surface area contributed by atoms with Crippen LogP contribution in [0, 0.1) is 0 Å². The molecule has 2 fully saturated rings. The Kier molecular flexibility index (Phi) is 5.69. The molecule has 5 N–H and O–H groups in total. The molecule has 8 atom stereocenters. The minimum Gasteiger partial charge on any atom is -0.394 e. The summed E-state index contributed by atoms with van der Waals surface area (Å²) in [5.74, 6) is -0.0904. The minimum atomic E-state index is -1.57. The Morgan fingerprint density at radius 3 is 2.42 bits per heavy atom. The maximum Gasteiger partial charge on any atom is 0.252 e. The Hall–Kier alpha value is -3.59.